The van der Waals surface area contributed by atoms with E-state index in [2.05, 4.69) is 5.32 Å². The van der Waals surface area contributed by atoms with Gasteiger partial charge in [0.1, 0.15) is 5.75 Å². The van der Waals surface area contributed by atoms with Crippen LogP contribution in [0.4, 0.5) is 5.69 Å². The Morgan fingerprint density at radius 2 is 2.05 bits per heavy atom. The Morgan fingerprint density at radius 1 is 1.36 bits per heavy atom. The molecule has 1 N–H and O–H groups in total. The lowest BCUT2D eigenvalue weighted by molar-refractivity contribution is -0.122. The van der Waals surface area contributed by atoms with Gasteiger partial charge >= 0.3 is 0 Å². The van der Waals surface area contributed by atoms with Gasteiger partial charge in [0.2, 0.25) is 11.8 Å². The molecule has 0 aromatic heterocycles. The van der Waals surface area contributed by atoms with Crippen LogP contribution in [-0.2, 0) is 9.59 Å². The molecule has 120 valence electrons. The number of hydrogen-bond donors (Lipinski definition) is 1. The lowest BCUT2D eigenvalue weighted by Gasteiger charge is -2.17. The highest BCUT2D eigenvalue weighted by Gasteiger charge is 2.30. The van der Waals surface area contributed by atoms with E-state index in [0.717, 1.165) is 11.4 Å². The topological polar surface area (TPSA) is 58.6 Å². The van der Waals surface area contributed by atoms with E-state index in [1.54, 1.807) is 12.0 Å². The lowest BCUT2D eigenvalue weighted by Crippen LogP contribution is -2.31. The molecule has 22 heavy (non-hydrogen) atoms. The van der Waals surface area contributed by atoms with Crippen LogP contribution in [0.15, 0.2) is 24.3 Å². The Labute approximate surface area is 131 Å². The van der Waals surface area contributed by atoms with Gasteiger partial charge in [-0.1, -0.05) is 13.8 Å². The molecular formula is C17H24N2O3. The van der Waals surface area contributed by atoms with E-state index < -0.39 is 0 Å². The third-order valence-corrected chi connectivity index (χ3v) is 3.77. The van der Waals surface area contributed by atoms with Crippen molar-refractivity contribution >= 4 is 17.5 Å². The van der Waals surface area contributed by atoms with Gasteiger partial charge in [0.05, 0.1) is 7.11 Å². The van der Waals surface area contributed by atoms with Crippen LogP contribution in [0.5, 0.6) is 5.75 Å². The van der Waals surface area contributed by atoms with Crippen LogP contribution in [0, 0.1) is 11.8 Å². The van der Waals surface area contributed by atoms with E-state index in [1.165, 1.54) is 0 Å². The number of nitrogens with zero attached hydrogens (tertiary/aromatic N) is 1. The molecule has 1 fully saturated rings. The molecule has 1 heterocycles. The predicted octanol–water partition coefficient (Wildman–Crippen LogP) is 2.21. The van der Waals surface area contributed by atoms with Crippen LogP contribution in [0.1, 0.15) is 26.7 Å². The van der Waals surface area contributed by atoms with E-state index in [9.17, 15) is 9.59 Å². The summed E-state index contributed by atoms with van der Waals surface area (Å²) >= 11 is 0. The number of ether oxygens (including phenoxy) is 1. The lowest BCUT2D eigenvalue weighted by atomic mass is 10.1. The van der Waals surface area contributed by atoms with Crippen molar-refractivity contribution in [3.63, 3.8) is 0 Å². The van der Waals surface area contributed by atoms with Gasteiger partial charge in [0.15, 0.2) is 0 Å². The minimum atomic E-state index is 0.0605. The second-order valence-electron chi connectivity index (χ2n) is 6.17. The van der Waals surface area contributed by atoms with Crippen molar-refractivity contribution in [3.8, 4) is 5.75 Å². The second-order valence-corrected chi connectivity index (χ2v) is 6.17. The molecule has 0 radical (unpaired) electrons. The monoisotopic (exact) mass is 304 g/mol. The molecule has 1 aromatic rings. The van der Waals surface area contributed by atoms with Crippen LogP contribution in [0.2, 0.25) is 0 Å². The molecule has 2 amide bonds. The first-order valence-electron chi connectivity index (χ1n) is 7.70. The van der Waals surface area contributed by atoms with Gasteiger partial charge in [-0.25, -0.2) is 0 Å². The van der Waals surface area contributed by atoms with Gasteiger partial charge in [-0.2, -0.15) is 0 Å². The number of anilines is 1. The fourth-order valence-corrected chi connectivity index (χ4v) is 2.63. The second kappa shape index (κ2) is 7.29. The van der Waals surface area contributed by atoms with E-state index in [1.807, 2.05) is 38.1 Å². The molecule has 2 rings (SSSR count). The molecule has 0 unspecified atom stereocenters. The summed E-state index contributed by atoms with van der Waals surface area (Å²) in [6.45, 7) is 5.24. The predicted molar refractivity (Wildman–Crippen MR) is 85.9 cm³/mol. The molecule has 1 aromatic carbocycles. The van der Waals surface area contributed by atoms with Gasteiger partial charge < -0.3 is 15.0 Å². The Balaban J connectivity index is 1.88. The summed E-state index contributed by atoms with van der Waals surface area (Å²) in [5.74, 6) is 1.46. The van der Waals surface area contributed by atoms with E-state index >= 15 is 0 Å². The third kappa shape index (κ3) is 4.23. The minimum absolute atomic E-state index is 0.0605. The fraction of sp³-hybridized carbons (Fsp3) is 0.529. The summed E-state index contributed by atoms with van der Waals surface area (Å²) < 4.78 is 5.13. The molecule has 0 spiro atoms. The number of amides is 2. The molecule has 0 saturated carbocycles. The van der Waals surface area contributed by atoms with Crippen LogP contribution in [0.25, 0.3) is 0 Å². The molecule has 5 heteroatoms. The first kappa shape index (κ1) is 16.3. The highest BCUT2D eigenvalue weighted by Crippen LogP contribution is 2.26. The van der Waals surface area contributed by atoms with Gasteiger partial charge in [-0.3, -0.25) is 9.59 Å². The van der Waals surface area contributed by atoms with Crippen LogP contribution in [-0.4, -0.2) is 32.0 Å². The Morgan fingerprint density at radius 3 is 2.64 bits per heavy atom. The summed E-state index contributed by atoms with van der Waals surface area (Å²) in [6, 6.07) is 7.47. The van der Waals surface area contributed by atoms with Crippen molar-refractivity contribution in [3.05, 3.63) is 24.3 Å². The van der Waals surface area contributed by atoms with Crippen LogP contribution < -0.4 is 15.0 Å². The van der Waals surface area contributed by atoms with Crippen molar-refractivity contribution in [1.82, 2.24) is 5.32 Å². The highest BCUT2D eigenvalue weighted by atomic mass is 16.5. The summed E-state index contributed by atoms with van der Waals surface area (Å²) in [6.07, 6.45) is 1.01. The first-order valence-corrected chi connectivity index (χ1v) is 7.70. The minimum Gasteiger partial charge on any atom is -0.497 e. The molecule has 5 nitrogen and oxygen atoms in total. The molecule has 1 saturated heterocycles. The van der Waals surface area contributed by atoms with Gasteiger partial charge in [-0.15, -0.1) is 0 Å². The summed E-state index contributed by atoms with van der Waals surface area (Å²) in [5.41, 5.74) is 0.877. The highest BCUT2D eigenvalue weighted by molar-refractivity contribution is 5.95. The van der Waals surface area contributed by atoms with E-state index in [4.69, 9.17) is 4.74 Å². The maximum Gasteiger partial charge on any atom is 0.227 e. The zero-order chi connectivity index (χ0) is 16.1. The number of methoxy groups -OCH3 is 1. The molecule has 0 bridgehead atoms. The van der Waals surface area contributed by atoms with Crippen molar-refractivity contribution < 1.29 is 14.3 Å². The van der Waals surface area contributed by atoms with Crippen LogP contribution >= 0.6 is 0 Å². The zero-order valence-corrected chi connectivity index (χ0v) is 13.5. The van der Waals surface area contributed by atoms with Gasteiger partial charge in [0.25, 0.3) is 0 Å². The molecule has 1 aliphatic rings. The van der Waals surface area contributed by atoms with Crippen LogP contribution in [0.3, 0.4) is 0 Å². The maximum absolute atomic E-state index is 12.1. The number of hydrogen-bond acceptors (Lipinski definition) is 3. The summed E-state index contributed by atoms with van der Waals surface area (Å²) in [4.78, 5) is 25.6. The Hall–Kier alpha value is -2.04. The fourth-order valence-electron chi connectivity index (χ4n) is 2.63. The Kier molecular flexibility index (Phi) is 5.41. The number of carbonyl (C=O) groups is 2. The van der Waals surface area contributed by atoms with Crippen molar-refractivity contribution in [2.24, 2.45) is 11.8 Å². The summed E-state index contributed by atoms with van der Waals surface area (Å²) in [7, 11) is 1.62. The Bertz CT molecular complexity index is 525. The van der Waals surface area contributed by atoms with Gasteiger partial charge in [0, 0.05) is 37.5 Å². The normalized spacial score (nSPS) is 17.9. The van der Waals surface area contributed by atoms with Crippen molar-refractivity contribution in [2.45, 2.75) is 26.7 Å². The third-order valence-electron chi connectivity index (χ3n) is 3.77. The van der Waals surface area contributed by atoms with Gasteiger partial charge in [-0.05, 0) is 30.2 Å². The van der Waals surface area contributed by atoms with Crippen molar-refractivity contribution in [1.29, 1.82) is 0 Å². The van der Waals surface area contributed by atoms with E-state index in [0.29, 0.717) is 31.8 Å². The number of rotatable bonds is 6. The first-order chi connectivity index (χ1) is 10.5. The number of nitrogens with one attached hydrogen (secondary N) is 1. The average molecular weight is 304 g/mol. The molecule has 1 atom stereocenters. The smallest absolute Gasteiger partial charge is 0.227 e. The number of benzene rings is 1. The maximum atomic E-state index is 12.1. The molecule has 1 aliphatic heterocycles. The SMILES string of the molecule is COc1ccc(N2C[C@H](CNC(=O)CC(C)C)CC2=O)cc1. The summed E-state index contributed by atoms with van der Waals surface area (Å²) in [5, 5.41) is 2.93. The average Bonchev–Trinajstić information content (AvgIpc) is 2.86. The molecular weight excluding hydrogens is 280 g/mol. The standard InChI is InChI=1S/C17H24N2O3/c1-12(2)8-16(20)18-10-13-9-17(21)19(11-13)14-4-6-15(22-3)7-5-14/h4-7,12-13H,8-11H2,1-3H3,(H,18,20)/t13-/m0/s1. The zero-order valence-electron chi connectivity index (χ0n) is 13.5. The molecule has 0 aliphatic carbocycles. The number of carbonyl (C=O) groups excluding carboxylic acids is 2. The van der Waals surface area contributed by atoms with Crippen molar-refractivity contribution in [2.75, 3.05) is 25.1 Å². The quantitative estimate of drug-likeness (QED) is 0.876. The van der Waals surface area contributed by atoms with E-state index in [-0.39, 0.29) is 17.7 Å². The largest absolute Gasteiger partial charge is 0.497 e.